The van der Waals surface area contributed by atoms with Gasteiger partial charge in [0, 0.05) is 36.3 Å². The quantitative estimate of drug-likeness (QED) is 0.136. The molecule has 0 fully saturated rings. The lowest BCUT2D eigenvalue weighted by atomic mass is 10.0. The Kier molecular flexibility index (Phi) is 10.5. The third-order valence-corrected chi connectivity index (χ3v) is 9.13. The van der Waals surface area contributed by atoms with Gasteiger partial charge in [0.1, 0.15) is 5.75 Å². The van der Waals surface area contributed by atoms with Crippen molar-refractivity contribution in [1.82, 2.24) is 4.90 Å². The number of alkyl halides is 6. The van der Waals surface area contributed by atoms with Crippen molar-refractivity contribution in [3.8, 4) is 5.75 Å². The summed E-state index contributed by atoms with van der Waals surface area (Å²) in [5.41, 5.74) is -0.334. The lowest BCUT2D eigenvalue weighted by molar-refractivity contribution is -0.274. The van der Waals surface area contributed by atoms with Crippen LogP contribution in [0.25, 0.3) is 12.2 Å². The first-order valence-corrected chi connectivity index (χ1v) is 15.4. The van der Waals surface area contributed by atoms with Crippen LogP contribution in [0.2, 0.25) is 5.02 Å². The summed E-state index contributed by atoms with van der Waals surface area (Å²) in [6.45, 7) is 0.816. The van der Waals surface area contributed by atoms with Crippen molar-refractivity contribution in [3.05, 3.63) is 82.4 Å². The van der Waals surface area contributed by atoms with Gasteiger partial charge in [-0.3, -0.25) is 14.0 Å². The van der Waals surface area contributed by atoms with Gasteiger partial charge in [-0.25, -0.2) is 8.42 Å². The van der Waals surface area contributed by atoms with Crippen molar-refractivity contribution in [2.24, 2.45) is 0 Å². The third kappa shape index (κ3) is 8.44. The number of hydrogen-bond donors (Lipinski definition) is 0. The molecule has 0 unspecified atom stereocenters. The van der Waals surface area contributed by atoms with E-state index in [0.717, 1.165) is 34.6 Å². The van der Waals surface area contributed by atoms with Gasteiger partial charge < -0.3 is 14.4 Å². The molecular weight excluding hydrogens is 664 g/mol. The molecule has 8 nitrogen and oxygen atoms in total. The second-order valence-corrected chi connectivity index (χ2v) is 12.5. The minimum atomic E-state index is -5.05. The van der Waals surface area contributed by atoms with Gasteiger partial charge in [-0.15, -0.1) is 13.2 Å². The standard InChI is InChI=1S/C30H28ClF6N3O5S/c1-38(19-28(41)44-2)13-14-39-15-16-40(46(42,43)22-6-3-5-21(18-22)45-30(35,36)37)27-17-20(10-12-26(27)39)9-11-23-24(29(32,33)34)7-4-8-25(23)31/h3-12,17-18H,13-16,19H2,1-2H3/b11-9+. The molecule has 0 saturated carbocycles. The molecule has 0 saturated heterocycles. The highest BCUT2D eigenvalue weighted by Crippen LogP contribution is 2.40. The van der Waals surface area contributed by atoms with Crippen LogP contribution in [0, 0.1) is 0 Å². The molecule has 1 aliphatic heterocycles. The van der Waals surface area contributed by atoms with E-state index in [2.05, 4.69) is 9.47 Å². The first kappa shape index (κ1) is 34.9. The summed E-state index contributed by atoms with van der Waals surface area (Å²) in [4.78, 5) is 14.8. The SMILES string of the molecule is COC(=O)CN(C)CCN1CCN(S(=O)(=O)c2cccc(OC(F)(F)F)c2)c2cc(/C=C/c3c(Cl)cccc3C(F)(F)F)ccc21. The highest BCUT2D eigenvalue weighted by molar-refractivity contribution is 7.92. The number of methoxy groups -OCH3 is 1. The van der Waals surface area contributed by atoms with Gasteiger partial charge in [0.05, 0.1) is 42.0 Å². The first-order chi connectivity index (χ1) is 21.5. The van der Waals surface area contributed by atoms with Crippen LogP contribution in [0.4, 0.5) is 37.7 Å². The Labute approximate surface area is 266 Å². The summed E-state index contributed by atoms with van der Waals surface area (Å²) < 4.78 is 117. The topological polar surface area (TPSA) is 79.4 Å². The fourth-order valence-corrected chi connectivity index (χ4v) is 6.53. The number of halogens is 7. The second-order valence-electron chi connectivity index (χ2n) is 10.2. The van der Waals surface area contributed by atoms with Crippen LogP contribution in [0.5, 0.6) is 5.75 Å². The largest absolute Gasteiger partial charge is 0.573 e. The number of fused-ring (bicyclic) bond motifs is 1. The van der Waals surface area contributed by atoms with Crippen LogP contribution < -0.4 is 13.9 Å². The number of rotatable bonds is 10. The average Bonchev–Trinajstić information content (AvgIpc) is 2.97. The summed E-state index contributed by atoms with van der Waals surface area (Å²) in [5, 5.41) is -0.142. The zero-order chi connectivity index (χ0) is 33.9. The number of esters is 1. The van der Waals surface area contributed by atoms with Gasteiger partial charge in [0.25, 0.3) is 10.0 Å². The first-order valence-electron chi connectivity index (χ1n) is 13.6. The lowest BCUT2D eigenvalue weighted by Gasteiger charge is -2.39. The third-order valence-electron chi connectivity index (χ3n) is 6.99. The average molecular weight is 692 g/mol. The lowest BCUT2D eigenvalue weighted by Crippen LogP contribution is -2.46. The Balaban J connectivity index is 1.74. The monoisotopic (exact) mass is 691 g/mol. The molecule has 16 heteroatoms. The maximum atomic E-state index is 13.8. The van der Waals surface area contributed by atoms with Crippen molar-refractivity contribution >= 4 is 51.1 Å². The van der Waals surface area contributed by atoms with Crippen molar-refractivity contribution < 1.29 is 49.0 Å². The molecule has 0 N–H and O–H groups in total. The number of carbonyl (C=O) groups excluding carboxylic acids is 1. The molecule has 0 bridgehead atoms. The number of ether oxygens (including phenoxy) is 2. The maximum absolute atomic E-state index is 13.8. The van der Waals surface area contributed by atoms with Crippen molar-refractivity contribution in [1.29, 1.82) is 0 Å². The molecule has 4 rings (SSSR count). The van der Waals surface area contributed by atoms with Crippen molar-refractivity contribution in [2.75, 3.05) is 56.1 Å². The number of hydrogen-bond acceptors (Lipinski definition) is 7. The molecule has 248 valence electrons. The van der Waals surface area contributed by atoms with E-state index >= 15 is 0 Å². The normalized spacial score (nSPS) is 14.1. The minimum absolute atomic E-state index is 0.0136. The zero-order valence-corrected chi connectivity index (χ0v) is 26.0. The molecule has 46 heavy (non-hydrogen) atoms. The van der Waals surface area contributed by atoms with E-state index in [9.17, 15) is 39.6 Å². The zero-order valence-electron chi connectivity index (χ0n) is 24.4. The molecule has 3 aromatic rings. The molecule has 0 aromatic heterocycles. The van der Waals surface area contributed by atoms with Crippen molar-refractivity contribution in [3.63, 3.8) is 0 Å². The Morgan fingerprint density at radius 1 is 0.978 bits per heavy atom. The predicted molar refractivity (Wildman–Crippen MR) is 161 cm³/mol. The molecular formula is C30H28ClF6N3O5S. The number of nitrogens with zero attached hydrogens (tertiary/aromatic N) is 3. The molecule has 0 spiro atoms. The van der Waals surface area contributed by atoms with E-state index in [0.29, 0.717) is 24.3 Å². The van der Waals surface area contributed by atoms with Crippen LogP contribution in [0.1, 0.15) is 16.7 Å². The van der Waals surface area contributed by atoms with Crippen LogP contribution in [-0.2, 0) is 25.7 Å². The number of likely N-dealkylation sites (N-methyl/N-ethyl adjacent to an activating group) is 1. The van der Waals surface area contributed by atoms with E-state index < -0.39 is 44.7 Å². The number of carbonyl (C=O) groups is 1. The summed E-state index contributed by atoms with van der Waals surface area (Å²) in [7, 11) is -1.49. The van der Waals surface area contributed by atoms with Gasteiger partial charge in [-0.1, -0.05) is 42.0 Å². The summed E-state index contributed by atoms with van der Waals surface area (Å²) >= 11 is 6.08. The van der Waals surface area contributed by atoms with Gasteiger partial charge in [0.15, 0.2) is 0 Å². The highest BCUT2D eigenvalue weighted by atomic mass is 35.5. The summed E-state index contributed by atoms with van der Waals surface area (Å²) in [6, 6.07) is 12.0. The van der Waals surface area contributed by atoms with Crippen LogP contribution in [-0.4, -0.2) is 72.5 Å². The maximum Gasteiger partial charge on any atom is 0.573 e. The highest BCUT2D eigenvalue weighted by Gasteiger charge is 2.35. The predicted octanol–water partition coefficient (Wildman–Crippen LogP) is 6.55. The molecule has 3 aromatic carbocycles. The number of sulfonamides is 1. The van der Waals surface area contributed by atoms with Crippen LogP contribution >= 0.6 is 11.6 Å². The van der Waals surface area contributed by atoms with Crippen LogP contribution in [0.3, 0.4) is 0 Å². The molecule has 1 aliphatic rings. The molecule has 0 aliphatic carbocycles. The van der Waals surface area contributed by atoms with E-state index in [-0.39, 0.29) is 35.9 Å². The fourth-order valence-electron chi connectivity index (χ4n) is 4.79. The summed E-state index contributed by atoms with van der Waals surface area (Å²) in [6.07, 6.45) is -7.21. The molecule has 1 heterocycles. The van der Waals surface area contributed by atoms with E-state index in [1.54, 1.807) is 24.1 Å². The number of benzene rings is 3. The summed E-state index contributed by atoms with van der Waals surface area (Å²) in [5.74, 6) is -1.17. The second kappa shape index (κ2) is 13.8. The van der Waals surface area contributed by atoms with Gasteiger partial charge in [0.2, 0.25) is 0 Å². The van der Waals surface area contributed by atoms with E-state index in [4.69, 9.17) is 11.6 Å². The molecule has 0 atom stereocenters. The Bertz CT molecular complexity index is 1720. The van der Waals surface area contributed by atoms with Gasteiger partial charge >= 0.3 is 18.5 Å². The fraction of sp³-hybridized carbons (Fsp3) is 0.300. The Morgan fingerprint density at radius 3 is 2.37 bits per heavy atom. The van der Waals surface area contributed by atoms with Gasteiger partial charge in [-0.2, -0.15) is 13.2 Å². The van der Waals surface area contributed by atoms with Crippen molar-refractivity contribution in [2.45, 2.75) is 17.4 Å². The van der Waals surface area contributed by atoms with Gasteiger partial charge in [-0.05, 0) is 49.0 Å². The minimum Gasteiger partial charge on any atom is -0.468 e. The molecule has 0 radical (unpaired) electrons. The van der Waals surface area contributed by atoms with E-state index in [1.165, 1.54) is 37.5 Å². The smallest absolute Gasteiger partial charge is 0.468 e. The Hall–Kier alpha value is -3.95. The van der Waals surface area contributed by atoms with Crippen LogP contribution in [0.15, 0.2) is 65.6 Å². The van der Waals surface area contributed by atoms with E-state index in [1.807, 2.05) is 4.90 Å². The molecule has 0 amide bonds. The number of anilines is 2. The Morgan fingerprint density at radius 2 is 1.70 bits per heavy atom.